The van der Waals surface area contributed by atoms with E-state index in [2.05, 4.69) is 0 Å². The van der Waals surface area contributed by atoms with Gasteiger partial charge in [0.2, 0.25) is 0 Å². The molecule has 2 aromatic rings. The average Bonchev–Trinajstić information content (AvgIpc) is 2.46. The smallest absolute Gasteiger partial charge is 0.155 e. The molecule has 5 heteroatoms. The zero-order valence-electron chi connectivity index (χ0n) is 12.4. The fourth-order valence-corrected chi connectivity index (χ4v) is 2.95. The van der Waals surface area contributed by atoms with Gasteiger partial charge < -0.3 is 10.5 Å². The van der Waals surface area contributed by atoms with Crippen molar-refractivity contribution >= 4 is 20.6 Å². The normalized spacial score (nSPS) is 12.0. The molecular weight excluding hydrogens is 286 g/mol. The molecule has 0 aromatic heterocycles. The Balaban J connectivity index is 2.19. The molecule has 4 nitrogen and oxygen atoms in total. The third kappa shape index (κ3) is 3.54. The van der Waals surface area contributed by atoms with Gasteiger partial charge in [0.05, 0.1) is 11.0 Å². The molecule has 0 heterocycles. The van der Waals surface area contributed by atoms with Gasteiger partial charge in [-0.25, -0.2) is 8.42 Å². The van der Waals surface area contributed by atoms with Gasteiger partial charge in [0, 0.05) is 12.1 Å². The summed E-state index contributed by atoms with van der Waals surface area (Å²) in [5.41, 5.74) is 6.74. The van der Waals surface area contributed by atoms with Crippen molar-refractivity contribution in [3.8, 4) is 5.75 Å². The van der Waals surface area contributed by atoms with E-state index >= 15 is 0 Å². The van der Waals surface area contributed by atoms with E-state index in [1.807, 2.05) is 36.4 Å². The highest BCUT2D eigenvalue weighted by Crippen LogP contribution is 2.27. The highest BCUT2D eigenvalue weighted by atomic mass is 32.2. The van der Waals surface area contributed by atoms with Crippen LogP contribution in [-0.4, -0.2) is 26.0 Å². The molecule has 0 unspecified atom stereocenters. The fourth-order valence-electron chi connectivity index (χ4n) is 2.17. The van der Waals surface area contributed by atoms with E-state index in [9.17, 15) is 8.42 Å². The minimum absolute atomic E-state index is 0.0154. The first-order valence-electron chi connectivity index (χ1n) is 7.01. The molecule has 0 atom stereocenters. The van der Waals surface area contributed by atoms with Crippen LogP contribution in [0.25, 0.3) is 10.8 Å². The molecule has 114 valence electrons. The predicted molar refractivity (Wildman–Crippen MR) is 86.3 cm³/mol. The number of nitrogens with two attached hydrogens (primary N) is 1. The number of benzene rings is 2. The first kappa shape index (κ1) is 15.8. The Morgan fingerprint density at radius 3 is 2.52 bits per heavy atom. The lowest BCUT2D eigenvalue weighted by molar-refractivity contribution is 0.337. The van der Waals surface area contributed by atoms with Crippen LogP contribution in [0.3, 0.4) is 0 Å². The van der Waals surface area contributed by atoms with Crippen LogP contribution >= 0.6 is 0 Å². The first-order chi connectivity index (χ1) is 9.95. The van der Waals surface area contributed by atoms with Gasteiger partial charge in [-0.3, -0.25) is 0 Å². The summed E-state index contributed by atoms with van der Waals surface area (Å²) in [6, 6.07) is 11.7. The molecule has 0 aliphatic rings. The van der Waals surface area contributed by atoms with Crippen LogP contribution in [0.1, 0.15) is 19.4 Å². The number of sulfone groups is 1. The van der Waals surface area contributed by atoms with Crippen LogP contribution < -0.4 is 10.5 Å². The van der Waals surface area contributed by atoms with Crippen molar-refractivity contribution in [2.24, 2.45) is 5.73 Å². The van der Waals surface area contributed by atoms with Crippen molar-refractivity contribution < 1.29 is 13.2 Å². The Hall–Kier alpha value is -1.59. The van der Waals surface area contributed by atoms with Crippen LogP contribution in [0.4, 0.5) is 0 Å². The average molecular weight is 307 g/mol. The maximum atomic E-state index is 11.8. The molecule has 0 radical (unpaired) electrons. The summed E-state index contributed by atoms with van der Waals surface area (Å²) in [5, 5.41) is 1.76. The molecule has 0 aliphatic heterocycles. The van der Waals surface area contributed by atoms with Crippen molar-refractivity contribution in [2.45, 2.75) is 25.6 Å². The molecule has 0 saturated heterocycles. The largest absolute Gasteiger partial charge is 0.492 e. The summed E-state index contributed by atoms with van der Waals surface area (Å²) in [6.45, 7) is 3.85. The molecule has 0 saturated carbocycles. The van der Waals surface area contributed by atoms with E-state index in [1.54, 1.807) is 13.8 Å². The molecule has 2 rings (SSSR count). The highest BCUT2D eigenvalue weighted by Gasteiger charge is 2.16. The van der Waals surface area contributed by atoms with Crippen LogP contribution in [0, 0.1) is 0 Å². The number of fused-ring (bicyclic) bond motifs is 1. The first-order valence-corrected chi connectivity index (χ1v) is 8.72. The zero-order chi connectivity index (χ0) is 15.5. The van der Waals surface area contributed by atoms with Crippen LogP contribution in [0.5, 0.6) is 5.75 Å². The molecule has 2 aromatic carbocycles. The molecule has 21 heavy (non-hydrogen) atoms. The van der Waals surface area contributed by atoms with Gasteiger partial charge in [-0.2, -0.15) is 0 Å². The quantitative estimate of drug-likeness (QED) is 0.890. The number of rotatable bonds is 6. The van der Waals surface area contributed by atoms with Crippen molar-refractivity contribution in [3.05, 3.63) is 42.0 Å². The molecule has 2 N–H and O–H groups in total. The van der Waals surface area contributed by atoms with Crippen LogP contribution in [0.15, 0.2) is 36.4 Å². The Morgan fingerprint density at radius 1 is 1.14 bits per heavy atom. The Bertz CT molecular complexity index is 723. The second-order valence-electron chi connectivity index (χ2n) is 5.23. The summed E-state index contributed by atoms with van der Waals surface area (Å²) in [6.07, 6.45) is 0. The van der Waals surface area contributed by atoms with Gasteiger partial charge >= 0.3 is 0 Å². The standard InChI is InChI=1S/C16H21NO3S/c1-12(2)21(18,19)10-9-20-16-8-7-13-5-3-4-6-14(13)15(16)11-17/h3-8,12H,9-11,17H2,1-2H3. The Kier molecular flexibility index (Phi) is 4.85. The van der Waals surface area contributed by atoms with Gasteiger partial charge in [-0.1, -0.05) is 30.3 Å². The Morgan fingerprint density at radius 2 is 1.86 bits per heavy atom. The molecule has 0 spiro atoms. The van der Waals surface area contributed by atoms with E-state index in [-0.39, 0.29) is 17.6 Å². The van der Waals surface area contributed by atoms with Crippen molar-refractivity contribution in [2.75, 3.05) is 12.4 Å². The van der Waals surface area contributed by atoms with Crippen molar-refractivity contribution in [1.29, 1.82) is 0 Å². The topological polar surface area (TPSA) is 69.4 Å². The number of ether oxygens (including phenoxy) is 1. The number of hydrogen-bond acceptors (Lipinski definition) is 4. The zero-order valence-corrected chi connectivity index (χ0v) is 13.2. The van der Waals surface area contributed by atoms with E-state index in [0.29, 0.717) is 12.3 Å². The predicted octanol–water partition coefficient (Wildman–Crippen LogP) is 2.50. The van der Waals surface area contributed by atoms with E-state index in [0.717, 1.165) is 16.3 Å². The summed E-state index contributed by atoms with van der Waals surface area (Å²) in [4.78, 5) is 0. The minimum atomic E-state index is -3.09. The fraction of sp³-hybridized carbons (Fsp3) is 0.375. The van der Waals surface area contributed by atoms with Crippen molar-refractivity contribution in [3.63, 3.8) is 0 Å². The van der Waals surface area contributed by atoms with Crippen molar-refractivity contribution in [1.82, 2.24) is 0 Å². The second-order valence-corrected chi connectivity index (χ2v) is 7.91. The summed E-state index contributed by atoms with van der Waals surface area (Å²) >= 11 is 0. The van der Waals surface area contributed by atoms with E-state index < -0.39 is 9.84 Å². The maximum absolute atomic E-state index is 11.8. The molecule has 0 fully saturated rings. The third-order valence-electron chi connectivity index (χ3n) is 3.55. The van der Waals surface area contributed by atoms with E-state index in [1.165, 1.54) is 0 Å². The van der Waals surface area contributed by atoms with Gasteiger partial charge in [0.1, 0.15) is 12.4 Å². The number of hydrogen-bond donors (Lipinski definition) is 1. The van der Waals surface area contributed by atoms with Crippen LogP contribution in [-0.2, 0) is 16.4 Å². The lowest BCUT2D eigenvalue weighted by atomic mass is 10.0. The maximum Gasteiger partial charge on any atom is 0.155 e. The molecule has 0 bridgehead atoms. The SMILES string of the molecule is CC(C)S(=O)(=O)CCOc1ccc2ccccc2c1CN. The third-order valence-corrected chi connectivity index (χ3v) is 5.72. The summed E-state index contributed by atoms with van der Waals surface area (Å²) < 4.78 is 29.2. The van der Waals surface area contributed by atoms with Gasteiger partial charge in [0.25, 0.3) is 0 Å². The highest BCUT2D eigenvalue weighted by molar-refractivity contribution is 7.91. The van der Waals surface area contributed by atoms with Crippen LogP contribution in [0.2, 0.25) is 0 Å². The lowest BCUT2D eigenvalue weighted by Crippen LogP contribution is -2.22. The minimum Gasteiger partial charge on any atom is -0.492 e. The molecule has 0 amide bonds. The Labute approximate surface area is 125 Å². The van der Waals surface area contributed by atoms with Gasteiger partial charge in [0.15, 0.2) is 9.84 Å². The second kappa shape index (κ2) is 6.45. The summed E-state index contributed by atoms with van der Waals surface area (Å²) in [7, 11) is -3.09. The monoisotopic (exact) mass is 307 g/mol. The molecule has 0 aliphatic carbocycles. The van der Waals surface area contributed by atoms with E-state index in [4.69, 9.17) is 10.5 Å². The van der Waals surface area contributed by atoms with Gasteiger partial charge in [-0.05, 0) is 30.7 Å². The summed E-state index contributed by atoms with van der Waals surface area (Å²) in [5.74, 6) is 0.678. The molecular formula is C16H21NO3S. The lowest BCUT2D eigenvalue weighted by Gasteiger charge is -2.14. The van der Waals surface area contributed by atoms with Gasteiger partial charge in [-0.15, -0.1) is 0 Å².